The van der Waals surface area contributed by atoms with Gasteiger partial charge in [0, 0.05) is 12.5 Å². The first-order valence-corrected chi connectivity index (χ1v) is 20.7. The van der Waals surface area contributed by atoms with Gasteiger partial charge >= 0.3 is 0 Å². The topological polar surface area (TPSA) is 35.5 Å². The van der Waals surface area contributed by atoms with Crippen LogP contribution in [0.3, 0.4) is 0 Å². The van der Waals surface area contributed by atoms with E-state index in [0.717, 1.165) is 12.8 Å². The average Bonchev–Trinajstić information content (AvgIpc) is 2.70. The second-order valence-electron chi connectivity index (χ2n) is 14.0. The van der Waals surface area contributed by atoms with Gasteiger partial charge in [0.2, 0.25) is 0 Å². The Kier molecular flexibility index (Phi) is 16.6. The Morgan fingerprint density at radius 3 is 1.46 bits per heavy atom. The van der Waals surface area contributed by atoms with Gasteiger partial charge in [-0.15, -0.1) is 0 Å². The van der Waals surface area contributed by atoms with Gasteiger partial charge in [0.25, 0.3) is 14.3 Å². The molecule has 0 saturated carbocycles. The smallest absolute Gasteiger partial charge is 0.292 e. The molecule has 0 heterocycles. The van der Waals surface area contributed by atoms with Gasteiger partial charge in [-0.05, 0) is 55.5 Å². The van der Waals surface area contributed by atoms with E-state index in [0.29, 0.717) is 12.5 Å². The lowest BCUT2D eigenvalue weighted by Crippen LogP contribution is -2.44. The maximum atomic E-state index is 12.2. The molecule has 5 heteroatoms. The van der Waals surface area contributed by atoms with E-state index in [9.17, 15) is 4.79 Å². The van der Waals surface area contributed by atoms with Crippen LogP contribution < -0.4 is 0 Å². The number of carbonyl (C=O) groups is 1. The van der Waals surface area contributed by atoms with Crippen molar-refractivity contribution in [1.82, 2.24) is 0 Å². The Morgan fingerprint density at radius 2 is 1.03 bits per heavy atom. The lowest BCUT2D eigenvalue weighted by molar-refractivity contribution is -0.135. The molecule has 1 unspecified atom stereocenters. The molecule has 0 aromatic heterocycles. The van der Waals surface area contributed by atoms with Crippen LogP contribution in [-0.4, -0.2) is 28.7 Å². The molecule has 0 saturated heterocycles. The number of unbranched alkanes of at least 4 members (excludes halogenated alkanes) is 10. The predicted molar refractivity (Wildman–Crippen MR) is 160 cm³/mol. The Hall–Kier alpha value is -0.136. The number of hydrogen-bond donors (Lipinski definition) is 0. The lowest BCUT2D eigenvalue weighted by Gasteiger charge is -2.39. The minimum atomic E-state index is -1.96. The molecule has 0 bridgehead atoms. The molecule has 0 radical (unpaired) electrons. The number of hydrogen-bond acceptors (Lipinski definition) is 3. The average molecular weight is 529 g/mol. The largest absolute Gasteiger partial charge is 0.519 e. The first-order valence-electron chi connectivity index (χ1n) is 14.9. The summed E-state index contributed by atoms with van der Waals surface area (Å²) in [5, 5.41) is 0.380. The summed E-state index contributed by atoms with van der Waals surface area (Å²) >= 11 is 0. The van der Waals surface area contributed by atoms with Crippen LogP contribution in [0.2, 0.25) is 36.3 Å². The van der Waals surface area contributed by atoms with E-state index in [1.807, 2.05) is 0 Å². The zero-order valence-corrected chi connectivity index (χ0v) is 27.9. The van der Waals surface area contributed by atoms with E-state index < -0.39 is 16.6 Å². The zero-order valence-electron chi connectivity index (χ0n) is 25.9. The molecule has 0 fully saturated rings. The third kappa shape index (κ3) is 15.7. The SMILES string of the molecule is CCCCCCC(CCCCCCCCCCC(=O)O[Si](C)(C)C(C)(C)C)O[Si](C)(C)C(C)(C)C. The Bertz CT molecular complexity index is 559. The molecular formula is C30H64O3Si2. The van der Waals surface area contributed by atoms with Gasteiger partial charge < -0.3 is 8.85 Å². The molecule has 210 valence electrons. The monoisotopic (exact) mass is 528 g/mol. The Morgan fingerprint density at radius 1 is 0.629 bits per heavy atom. The van der Waals surface area contributed by atoms with Crippen LogP contribution in [0.5, 0.6) is 0 Å². The van der Waals surface area contributed by atoms with Crippen molar-refractivity contribution >= 4 is 22.6 Å². The van der Waals surface area contributed by atoms with Gasteiger partial charge in [-0.25, -0.2) is 0 Å². The highest BCUT2D eigenvalue weighted by Gasteiger charge is 2.40. The predicted octanol–water partition coefficient (Wildman–Crippen LogP) is 10.8. The zero-order chi connectivity index (χ0) is 27.2. The van der Waals surface area contributed by atoms with Crippen molar-refractivity contribution in [2.45, 2.75) is 187 Å². The first kappa shape index (κ1) is 34.9. The van der Waals surface area contributed by atoms with Crippen LogP contribution in [-0.2, 0) is 13.6 Å². The molecule has 0 aliphatic rings. The minimum absolute atomic E-state index is 0.0146. The summed E-state index contributed by atoms with van der Waals surface area (Å²) in [5.41, 5.74) is 0. The molecule has 0 aromatic rings. The van der Waals surface area contributed by atoms with Crippen LogP contribution in [0.1, 0.15) is 145 Å². The van der Waals surface area contributed by atoms with Crippen LogP contribution in [0.4, 0.5) is 0 Å². The second-order valence-corrected chi connectivity index (χ2v) is 23.4. The molecule has 3 nitrogen and oxygen atoms in total. The fraction of sp³-hybridized carbons (Fsp3) is 0.967. The van der Waals surface area contributed by atoms with Crippen LogP contribution in [0, 0.1) is 0 Å². The van der Waals surface area contributed by atoms with Crippen molar-refractivity contribution in [3.05, 3.63) is 0 Å². The fourth-order valence-electron chi connectivity index (χ4n) is 3.85. The summed E-state index contributed by atoms with van der Waals surface area (Å²) in [6, 6.07) is 0. The van der Waals surface area contributed by atoms with Crippen molar-refractivity contribution in [1.29, 1.82) is 0 Å². The van der Waals surface area contributed by atoms with Gasteiger partial charge in [-0.1, -0.05) is 119 Å². The number of rotatable bonds is 19. The van der Waals surface area contributed by atoms with Crippen molar-refractivity contribution in [2.75, 3.05) is 0 Å². The summed E-state index contributed by atoms with van der Waals surface area (Å²) in [6.45, 7) is 25.0. The summed E-state index contributed by atoms with van der Waals surface area (Å²) in [7, 11) is -3.65. The van der Waals surface area contributed by atoms with Gasteiger partial charge in [0.15, 0.2) is 8.32 Å². The highest BCUT2D eigenvalue weighted by molar-refractivity contribution is 6.75. The molecule has 35 heavy (non-hydrogen) atoms. The minimum Gasteiger partial charge on any atom is -0.519 e. The summed E-state index contributed by atoms with van der Waals surface area (Å²) in [4.78, 5) is 12.2. The molecule has 0 aliphatic carbocycles. The molecule has 0 aromatic carbocycles. The summed E-state index contributed by atoms with van der Waals surface area (Å²) in [5.74, 6) is 0.0146. The normalized spacial score (nSPS) is 14.3. The number of carbonyl (C=O) groups excluding carboxylic acids is 1. The maximum Gasteiger partial charge on any atom is 0.292 e. The van der Waals surface area contributed by atoms with E-state index in [2.05, 4.69) is 74.7 Å². The van der Waals surface area contributed by atoms with Gasteiger partial charge in [0.1, 0.15) is 0 Å². The Labute approximate surface area is 223 Å². The van der Waals surface area contributed by atoms with Crippen molar-refractivity contribution in [3.63, 3.8) is 0 Å². The van der Waals surface area contributed by atoms with E-state index in [1.54, 1.807) is 0 Å². The van der Waals surface area contributed by atoms with E-state index in [-0.39, 0.29) is 16.0 Å². The molecular weight excluding hydrogens is 464 g/mol. The van der Waals surface area contributed by atoms with Crippen LogP contribution >= 0.6 is 0 Å². The van der Waals surface area contributed by atoms with E-state index in [4.69, 9.17) is 8.85 Å². The van der Waals surface area contributed by atoms with Crippen molar-refractivity contribution in [3.8, 4) is 0 Å². The molecule has 0 N–H and O–H groups in total. The van der Waals surface area contributed by atoms with Crippen LogP contribution in [0.15, 0.2) is 0 Å². The van der Waals surface area contributed by atoms with Gasteiger partial charge in [-0.3, -0.25) is 4.79 Å². The van der Waals surface area contributed by atoms with E-state index >= 15 is 0 Å². The first-order chi connectivity index (χ1) is 16.0. The second kappa shape index (κ2) is 16.7. The third-order valence-corrected chi connectivity index (χ3v) is 17.4. The maximum absolute atomic E-state index is 12.2. The summed E-state index contributed by atoms with van der Waals surface area (Å²) in [6.07, 6.45) is 18.7. The van der Waals surface area contributed by atoms with Gasteiger partial charge in [0.05, 0.1) is 0 Å². The third-order valence-electron chi connectivity index (χ3n) is 8.48. The lowest BCUT2D eigenvalue weighted by atomic mass is 10.0. The Balaban J connectivity index is 4.07. The van der Waals surface area contributed by atoms with Gasteiger partial charge in [-0.2, -0.15) is 0 Å². The fourth-order valence-corrected chi connectivity index (χ4v) is 6.25. The molecule has 1 atom stereocenters. The van der Waals surface area contributed by atoms with Crippen LogP contribution in [0.25, 0.3) is 0 Å². The quantitative estimate of drug-likeness (QED) is 0.123. The van der Waals surface area contributed by atoms with Crippen molar-refractivity contribution < 1.29 is 13.6 Å². The molecule has 0 aliphatic heterocycles. The molecule has 0 amide bonds. The highest BCUT2D eigenvalue weighted by Crippen LogP contribution is 2.39. The standard InChI is InChI=1S/C30H64O3Si2/c1-12-13-14-21-24-27(32-34(8,9)29(2,3)4)25-22-19-17-15-16-18-20-23-26-28(31)33-35(10,11)30(5,6)7/h27H,12-26H2,1-11H3. The highest BCUT2D eigenvalue weighted by atomic mass is 28.4. The van der Waals surface area contributed by atoms with E-state index in [1.165, 1.54) is 77.0 Å². The summed E-state index contributed by atoms with van der Waals surface area (Å²) < 4.78 is 12.7. The molecule has 0 rings (SSSR count). The molecule has 0 spiro atoms. The van der Waals surface area contributed by atoms with Crippen molar-refractivity contribution in [2.24, 2.45) is 0 Å².